The van der Waals surface area contributed by atoms with Crippen LogP contribution < -0.4 is 5.73 Å². The van der Waals surface area contributed by atoms with Crippen molar-refractivity contribution >= 4 is 33.7 Å². The summed E-state index contributed by atoms with van der Waals surface area (Å²) in [6.45, 7) is 0. The Morgan fingerprint density at radius 2 is 1.81 bits per heavy atom. The average molecular weight is 316 g/mol. The van der Waals surface area contributed by atoms with Gasteiger partial charge in [-0.25, -0.2) is 9.97 Å². The molecule has 0 aliphatic heterocycles. The predicted octanol–water partition coefficient (Wildman–Crippen LogP) is 3.67. The molecule has 2 N–H and O–H groups in total. The molecule has 0 fully saturated rings. The fraction of sp³-hybridized carbons (Fsp3) is 0. The molecule has 0 amide bonds. The maximum atomic E-state index is 12.5. The summed E-state index contributed by atoms with van der Waals surface area (Å²) in [6, 6.07) is 8.52. The quantitative estimate of drug-likeness (QED) is 0.749. The number of rotatable bonds is 3. The molecule has 2 heterocycles. The molecule has 0 aliphatic carbocycles. The van der Waals surface area contributed by atoms with Gasteiger partial charge in [0.2, 0.25) is 0 Å². The van der Waals surface area contributed by atoms with Gasteiger partial charge < -0.3 is 5.73 Å². The molecule has 104 valence electrons. The van der Waals surface area contributed by atoms with E-state index in [1.54, 1.807) is 42.7 Å². The Hall–Kier alpha value is -2.24. The fourth-order valence-electron chi connectivity index (χ4n) is 1.91. The summed E-state index contributed by atoms with van der Waals surface area (Å²) < 4.78 is 0. The van der Waals surface area contributed by atoms with Gasteiger partial charge in [0.15, 0.2) is 5.78 Å². The van der Waals surface area contributed by atoms with Crippen molar-refractivity contribution in [1.82, 2.24) is 9.97 Å². The second-order valence-electron chi connectivity index (χ2n) is 4.35. The number of ketones is 1. The van der Waals surface area contributed by atoms with E-state index in [9.17, 15) is 4.79 Å². The molecule has 0 saturated carbocycles. The molecular weight excluding hydrogens is 306 g/mol. The maximum absolute atomic E-state index is 12.5. The van der Waals surface area contributed by atoms with Gasteiger partial charge in [-0.3, -0.25) is 4.79 Å². The summed E-state index contributed by atoms with van der Waals surface area (Å²) in [5.41, 5.74) is 7.86. The van der Waals surface area contributed by atoms with Gasteiger partial charge in [-0.1, -0.05) is 11.6 Å². The minimum Gasteiger partial charge on any atom is -0.390 e. The first-order chi connectivity index (χ1) is 10.1. The zero-order chi connectivity index (χ0) is 14.8. The van der Waals surface area contributed by atoms with Crippen molar-refractivity contribution in [3.05, 3.63) is 65.2 Å². The number of carbonyl (C=O) groups is 1. The van der Waals surface area contributed by atoms with E-state index in [2.05, 4.69) is 9.97 Å². The van der Waals surface area contributed by atoms with E-state index in [0.29, 0.717) is 21.2 Å². The number of halogens is 1. The van der Waals surface area contributed by atoms with Gasteiger partial charge in [-0.15, -0.1) is 11.3 Å². The van der Waals surface area contributed by atoms with Crippen LogP contribution in [0.3, 0.4) is 0 Å². The molecule has 4 nitrogen and oxygen atoms in total. The molecule has 0 saturated heterocycles. The molecule has 0 atom stereocenters. The van der Waals surface area contributed by atoms with Crippen LogP contribution in [0.1, 0.15) is 15.9 Å². The molecule has 0 aliphatic rings. The van der Waals surface area contributed by atoms with Crippen molar-refractivity contribution in [3.8, 4) is 10.4 Å². The molecule has 0 unspecified atom stereocenters. The van der Waals surface area contributed by atoms with Crippen molar-refractivity contribution in [2.75, 3.05) is 5.73 Å². The first kappa shape index (κ1) is 13.7. The van der Waals surface area contributed by atoms with E-state index < -0.39 is 0 Å². The molecule has 2 aromatic heterocycles. The normalized spacial score (nSPS) is 10.5. The molecule has 1 aromatic carbocycles. The lowest BCUT2D eigenvalue weighted by Gasteiger charge is -1.99. The number of hydrogen-bond acceptors (Lipinski definition) is 5. The second kappa shape index (κ2) is 5.63. The zero-order valence-electron chi connectivity index (χ0n) is 10.8. The third kappa shape index (κ3) is 2.79. The van der Waals surface area contributed by atoms with Crippen LogP contribution in [-0.2, 0) is 0 Å². The summed E-state index contributed by atoms with van der Waals surface area (Å²) in [6.07, 6.45) is 4.84. The molecule has 6 heteroatoms. The Bertz CT molecular complexity index is 784. The van der Waals surface area contributed by atoms with E-state index in [-0.39, 0.29) is 5.78 Å². The van der Waals surface area contributed by atoms with Crippen LogP contribution in [0.4, 0.5) is 5.00 Å². The van der Waals surface area contributed by atoms with Gasteiger partial charge in [0.25, 0.3) is 0 Å². The van der Waals surface area contributed by atoms with Crippen molar-refractivity contribution in [1.29, 1.82) is 0 Å². The number of carbonyl (C=O) groups excluding carboxylic acids is 1. The number of anilines is 1. The van der Waals surface area contributed by atoms with E-state index in [1.807, 2.05) is 0 Å². The highest BCUT2D eigenvalue weighted by Crippen LogP contribution is 2.34. The van der Waals surface area contributed by atoms with Gasteiger partial charge in [-0.2, -0.15) is 0 Å². The summed E-state index contributed by atoms with van der Waals surface area (Å²) in [4.78, 5) is 21.3. The first-order valence-corrected chi connectivity index (χ1v) is 7.29. The number of nitrogens with zero attached hydrogens (tertiary/aromatic N) is 2. The smallest absolute Gasteiger partial charge is 0.195 e. The first-order valence-electron chi connectivity index (χ1n) is 6.10. The van der Waals surface area contributed by atoms with Crippen molar-refractivity contribution < 1.29 is 4.79 Å². The van der Waals surface area contributed by atoms with Crippen LogP contribution in [0.15, 0.2) is 49.1 Å². The van der Waals surface area contributed by atoms with Gasteiger partial charge in [0.05, 0.1) is 10.6 Å². The minimum absolute atomic E-state index is 0.122. The summed E-state index contributed by atoms with van der Waals surface area (Å²) in [5.74, 6) is -0.122. The van der Waals surface area contributed by atoms with Crippen LogP contribution in [0.5, 0.6) is 0 Å². The van der Waals surface area contributed by atoms with Crippen molar-refractivity contribution in [3.63, 3.8) is 0 Å². The molecule has 21 heavy (non-hydrogen) atoms. The van der Waals surface area contributed by atoms with Crippen molar-refractivity contribution in [2.45, 2.75) is 0 Å². The third-order valence-corrected chi connectivity index (χ3v) is 4.22. The average Bonchev–Trinajstić information content (AvgIpc) is 2.90. The second-order valence-corrected chi connectivity index (χ2v) is 5.87. The van der Waals surface area contributed by atoms with E-state index >= 15 is 0 Å². The van der Waals surface area contributed by atoms with Gasteiger partial charge in [-0.05, 0) is 30.3 Å². The third-order valence-electron chi connectivity index (χ3n) is 2.96. The van der Waals surface area contributed by atoms with Crippen molar-refractivity contribution in [2.24, 2.45) is 0 Å². The van der Waals surface area contributed by atoms with Crippen LogP contribution in [0.2, 0.25) is 5.02 Å². The van der Waals surface area contributed by atoms with Gasteiger partial charge in [0.1, 0.15) is 6.33 Å². The number of nitrogens with two attached hydrogens (primary N) is 1. The lowest BCUT2D eigenvalue weighted by molar-refractivity contribution is 0.104. The topological polar surface area (TPSA) is 68.9 Å². The summed E-state index contributed by atoms with van der Waals surface area (Å²) in [7, 11) is 0. The Morgan fingerprint density at radius 1 is 1.14 bits per heavy atom. The molecule has 3 aromatic rings. The monoisotopic (exact) mass is 315 g/mol. The number of hydrogen-bond donors (Lipinski definition) is 1. The SMILES string of the molecule is Nc1sc(-c2cncnc2)cc1C(=O)c1ccc(Cl)cc1. The zero-order valence-corrected chi connectivity index (χ0v) is 12.4. The summed E-state index contributed by atoms with van der Waals surface area (Å²) >= 11 is 7.17. The predicted molar refractivity (Wildman–Crippen MR) is 84.6 cm³/mol. The number of nitrogen functional groups attached to an aromatic ring is 1. The van der Waals surface area contributed by atoms with E-state index in [1.165, 1.54) is 17.7 Å². The van der Waals surface area contributed by atoms with Crippen LogP contribution >= 0.6 is 22.9 Å². The lowest BCUT2D eigenvalue weighted by atomic mass is 10.0. The molecule has 0 spiro atoms. The highest BCUT2D eigenvalue weighted by atomic mass is 35.5. The largest absolute Gasteiger partial charge is 0.390 e. The Balaban J connectivity index is 1.98. The maximum Gasteiger partial charge on any atom is 0.195 e. The fourth-order valence-corrected chi connectivity index (χ4v) is 2.93. The highest BCUT2D eigenvalue weighted by molar-refractivity contribution is 7.19. The molecule has 3 rings (SSSR count). The van der Waals surface area contributed by atoms with Gasteiger partial charge >= 0.3 is 0 Å². The minimum atomic E-state index is -0.122. The lowest BCUT2D eigenvalue weighted by Crippen LogP contribution is -2.02. The molecule has 0 bridgehead atoms. The molecule has 0 radical (unpaired) electrons. The van der Waals surface area contributed by atoms with Crippen LogP contribution in [0, 0.1) is 0 Å². The Morgan fingerprint density at radius 3 is 2.48 bits per heavy atom. The van der Waals surface area contributed by atoms with E-state index in [4.69, 9.17) is 17.3 Å². The number of benzene rings is 1. The van der Waals surface area contributed by atoms with Gasteiger partial charge in [0, 0.05) is 33.4 Å². The van der Waals surface area contributed by atoms with Crippen LogP contribution in [0.25, 0.3) is 10.4 Å². The standard InChI is InChI=1S/C15H10ClN3OS/c16-11-3-1-9(2-4-11)14(20)12-5-13(21-15(12)17)10-6-18-8-19-7-10/h1-8H,17H2. The molecular formula is C15H10ClN3OS. The Labute approximate surface area is 130 Å². The van der Waals surface area contributed by atoms with Crippen LogP contribution in [-0.4, -0.2) is 15.8 Å². The summed E-state index contributed by atoms with van der Waals surface area (Å²) in [5, 5.41) is 1.07. The number of thiophene rings is 1. The Kier molecular flexibility index (Phi) is 3.68. The highest BCUT2D eigenvalue weighted by Gasteiger charge is 2.16. The number of aromatic nitrogens is 2. The van der Waals surface area contributed by atoms with E-state index in [0.717, 1.165) is 10.4 Å².